The fourth-order valence-electron chi connectivity index (χ4n) is 2.88. The van der Waals surface area contributed by atoms with Crippen molar-refractivity contribution in [3.05, 3.63) is 52.1 Å². The zero-order chi connectivity index (χ0) is 18.1. The summed E-state index contributed by atoms with van der Waals surface area (Å²) in [5.74, 6) is 1.15. The lowest BCUT2D eigenvalue weighted by Crippen LogP contribution is -2.32. The topological polar surface area (TPSA) is 76.2 Å². The summed E-state index contributed by atoms with van der Waals surface area (Å²) in [4.78, 5) is 21.7. The molecule has 1 aromatic carbocycles. The Labute approximate surface area is 146 Å². The first-order valence-electron chi connectivity index (χ1n) is 8.32. The maximum atomic E-state index is 12.9. The number of nitrogens with zero attached hydrogens (tertiary/aromatic N) is 5. The molecule has 0 saturated carbocycles. The number of hydrogen-bond donors (Lipinski definition) is 1. The van der Waals surface area contributed by atoms with Gasteiger partial charge in [-0.05, 0) is 18.4 Å². The molecule has 0 amide bonds. The summed E-state index contributed by atoms with van der Waals surface area (Å²) in [5, 5.41) is 11.3. The fraction of sp³-hybridized carbons (Fsp3) is 0.389. The van der Waals surface area contributed by atoms with Crippen LogP contribution in [0.1, 0.15) is 25.2 Å². The number of imidazole rings is 1. The maximum Gasteiger partial charge on any atom is 0.281 e. The Bertz CT molecular complexity index is 943. The smallest absolute Gasteiger partial charge is 0.281 e. The van der Waals surface area contributed by atoms with Gasteiger partial charge < -0.3 is 4.57 Å². The van der Waals surface area contributed by atoms with Crippen molar-refractivity contribution >= 4 is 17.1 Å². The third-order valence-corrected chi connectivity index (χ3v) is 4.11. The lowest BCUT2D eigenvalue weighted by Gasteiger charge is -2.20. The number of rotatable bonds is 5. The molecule has 0 bridgehead atoms. The molecule has 0 aliphatic rings. The highest BCUT2D eigenvalue weighted by molar-refractivity contribution is 5.72. The Morgan fingerprint density at radius 3 is 2.52 bits per heavy atom. The Kier molecular flexibility index (Phi) is 4.59. The third-order valence-electron chi connectivity index (χ3n) is 4.11. The van der Waals surface area contributed by atoms with Crippen LogP contribution >= 0.6 is 0 Å². The van der Waals surface area contributed by atoms with E-state index in [4.69, 9.17) is 0 Å². The summed E-state index contributed by atoms with van der Waals surface area (Å²) < 4.78 is 3.24. The molecule has 2 aromatic heterocycles. The summed E-state index contributed by atoms with van der Waals surface area (Å²) in [6.07, 6.45) is 0. The van der Waals surface area contributed by atoms with Gasteiger partial charge in [-0.1, -0.05) is 44.2 Å². The van der Waals surface area contributed by atoms with Gasteiger partial charge in [-0.2, -0.15) is 4.98 Å². The molecule has 0 aliphatic heterocycles. The minimum Gasteiger partial charge on any atom is -0.318 e. The van der Waals surface area contributed by atoms with Crippen molar-refractivity contribution in [1.29, 1.82) is 0 Å². The number of aryl methyl sites for hydroxylation is 1. The Morgan fingerprint density at radius 1 is 1.20 bits per heavy atom. The predicted molar refractivity (Wildman–Crippen MR) is 97.0 cm³/mol. The monoisotopic (exact) mass is 341 g/mol. The maximum absolute atomic E-state index is 12.9. The Hall–Kier alpha value is -2.67. The van der Waals surface area contributed by atoms with E-state index >= 15 is 0 Å². The second-order valence-corrected chi connectivity index (χ2v) is 6.65. The van der Waals surface area contributed by atoms with Crippen molar-refractivity contribution in [2.75, 3.05) is 11.6 Å². The molecule has 0 spiro atoms. The van der Waals surface area contributed by atoms with Gasteiger partial charge in [0.25, 0.3) is 5.56 Å². The van der Waals surface area contributed by atoms with Crippen LogP contribution in [0.2, 0.25) is 0 Å². The van der Waals surface area contributed by atoms with Crippen LogP contribution < -0.4 is 10.6 Å². The normalized spacial score (nSPS) is 11.4. The molecular weight excluding hydrogens is 318 g/mol. The van der Waals surface area contributed by atoms with Gasteiger partial charge in [0, 0.05) is 13.6 Å². The minimum absolute atomic E-state index is 0.204. The SMILES string of the molecule is Cc1nc2nc(N(O)CC(C)C)n(C)c(=O)c2n1Cc1ccccc1. The van der Waals surface area contributed by atoms with Crippen molar-refractivity contribution in [2.24, 2.45) is 13.0 Å². The van der Waals surface area contributed by atoms with Crippen LogP contribution in [0.15, 0.2) is 35.1 Å². The van der Waals surface area contributed by atoms with E-state index in [0.29, 0.717) is 30.1 Å². The molecule has 1 N–H and O–H groups in total. The average molecular weight is 341 g/mol. The Balaban J connectivity index is 2.11. The van der Waals surface area contributed by atoms with Gasteiger partial charge in [0.15, 0.2) is 11.2 Å². The Morgan fingerprint density at radius 2 is 1.88 bits per heavy atom. The first-order valence-corrected chi connectivity index (χ1v) is 8.32. The number of anilines is 1. The van der Waals surface area contributed by atoms with Gasteiger partial charge in [0.2, 0.25) is 5.95 Å². The molecule has 3 aromatic rings. The summed E-state index contributed by atoms with van der Waals surface area (Å²) in [6.45, 7) is 6.76. The van der Waals surface area contributed by atoms with Gasteiger partial charge >= 0.3 is 0 Å². The largest absolute Gasteiger partial charge is 0.318 e. The van der Waals surface area contributed by atoms with Crippen molar-refractivity contribution in [2.45, 2.75) is 27.3 Å². The van der Waals surface area contributed by atoms with E-state index in [-0.39, 0.29) is 17.4 Å². The molecule has 25 heavy (non-hydrogen) atoms. The molecule has 0 fully saturated rings. The van der Waals surface area contributed by atoms with Gasteiger partial charge in [-0.15, -0.1) is 0 Å². The minimum atomic E-state index is -0.223. The molecule has 3 rings (SSSR count). The van der Waals surface area contributed by atoms with E-state index in [1.165, 1.54) is 4.57 Å². The van der Waals surface area contributed by atoms with E-state index in [1.807, 2.05) is 55.7 Å². The number of hydroxylamine groups is 1. The molecule has 132 valence electrons. The molecular formula is C18H23N5O2. The van der Waals surface area contributed by atoms with Gasteiger partial charge in [-0.25, -0.2) is 10.0 Å². The molecule has 7 heteroatoms. The molecule has 7 nitrogen and oxygen atoms in total. The van der Waals surface area contributed by atoms with Gasteiger partial charge in [0.05, 0.1) is 6.54 Å². The van der Waals surface area contributed by atoms with E-state index < -0.39 is 0 Å². The summed E-state index contributed by atoms with van der Waals surface area (Å²) in [5.41, 5.74) is 1.67. The van der Waals surface area contributed by atoms with E-state index in [9.17, 15) is 10.0 Å². The van der Waals surface area contributed by atoms with E-state index in [1.54, 1.807) is 7.05 Å². The zero-order valence-electron chi connectivity index (χ0n) is 15.0. The molecule has 0 saturated heterocycles. The summed E-state index contributed by atoms with van der Waals surface area (Å²) in [7, 11) is 1.61. The number of hydrogen-bond acceptors (Lipinski definition) is 5. The second-order valence-electron chi connectivity index (χ2n) is 6.65. The summed E-state index contributed by atoms with van der Waals surface area (Å²) in [6, 6.07) is 9.91. The molecule has 0 atom stereocenters. The molecule has 2 heterocycles. The van der Waals surface area contributed by atoms with Crippen LogP contribution in [0.5, 0.6) is 0 Å². The lowest BCUT2D eigenvalue weighted by atomic mass is 10.2. The van der Waals surface area contributed by atoms with Crippen LogP contribution in [0.25, 0.3) is 11.2 Å². The number of aromatic nitrogens is 4. The number of benzene rings is 1. The fourth-order valence-corrected chi connectivity index (χ4v) is 2.88. The van der Waals surface area contributed by atoms with E-state index in [2.05, 4.69) is 9.97 Å². The van der Waals surface area contributed by atoms with Crippen molar-refractivity contribution < 1.29 is 5.21 Å². The van der Waals surface area contributed by atoms with Crippen LogP contribution in [0.3, 0.4) is 0 Å². The number of fused-ring (bicyclic) bond motifs is 1. The van der Waals surface area contributed by atoms with Crippen LogP contribution in [0, 0.1) is 12.8 Å². The predicted octanol–water partition coefficient (Wildman–Crippen LogP) is 2.34. The zero-order valence-corrected chi connectivity index (χ0v) is 15.0. The van der Waals surface area contributed by atoms with Crippen molar-refractivity contribution in [3.8, 4) is 0 Å². The van der Waals surface area contributed by atoms with Crippen LogP contribution in [-0.4, -0.2) is 30.9 Å². The first-order chi connectivity index (χ1) is 11.9. The lowest BCUT2D eigenvalue weighted by molar-refractivity contribution is 0.230. The highest BCUT2D eigenvalue weighted by Gasteiger charge is 2.19. The standard InChI is InChI=1S/C18H23N5O2/c1-12(2)10-23(25)18-20-16-15(17(24)21(18)4)22(13(3)19-16)11-14-8-6-5-7-9-14/h5-9,12,25H,10-11H2,1-4H3. The highest BCUT2D eigenvalue weighted by atomic mass is 16.5. The molecule has 0 unspecified atom stereocenters. The molecule has 0 radical (unpaired) electrons. The summed E-state index contributed by atoms with van der Waals surface area (Å²) >= 11 is 0. The van der Waals surface area contributed by atoms with Crippen molar-refractivity contribution in [1.82, 2.24) is 19.1 Å². The third kappa shape index (κ3) is 3.28. The first kappa shape index (κ1) is 17.2. The van der Waals surface area contributed by atoms with Crippen LogP contribution in [-0.2, 0) is 13.6 Å². The second kappa shape index (κ2) is 6.68. The van der Waals surface area contributed by atoms with Crippen LogP contribution in [0.4, 0.5) is 5.95 Å². The average Bonchev–Trinajstić information content (AvgIpc) is 2.87. The molecule has 0 aliphatic carbocycles. The van der Waals surface area contributed by atoms with E-state index in [0.717, 1.165) is 10.6 Å². The van der Waals surface area contributed by atoms with Crippen molar-refractivity contribution in [3.63, 3.8) is 0 Å². The van der Waals surface area contributed by atoms with Gasteiger partial charge in [-0.3, -0.25) is 14.6 Å². The quantitative estimate of drug-likeness (QED) is 0.721. The highest BCUT2D eigenvalue weighted by Crippen LogP contribution is 2.17. The van der Waals surface area contributed by atoms with Gasteiger partial charge in [0.1, 0.15) is 5.82 Å².